The molecular formula is C18H27IN2O2. The summed E-state index contributed by atoms with van der Waals surface area (Å²) in [5, 5.41) is 6.57. The van der Waals surface area contributed by atoms with E-state index in [1.807, 2.05) is 20.8 Å². The first-order chi connectivity index (χ1) is 10.8. The first-order valence-electron chi connectivity index (χ1n) is 8.32. The van der Waals surface area contributed by atoms with Gasteiger partial charge >= 0.3 is 6.09 Å². The van der Waals surface area contributed by atoms with Gasteiger partial charge in [-0.25, -0.2) is 4.79 Å². The Hall–Kier alpha value is -0.980. The molecule has 0 aromatic heterocycles. The van der Waals surface area contributed by atoms with E-state index in [2.05, 4.69) is 57.5 Å². The summed E-state index contributed by atoms with van der Waals surface area (Å²) >= 11 is 2.31. The number of rotatable bonds is 4. The Morgan fingerprint density at radius 2 is 1.87 bits per heavy atom. The van der Waals surface area contributed by atoms with Crippen LogP contribution in [0.5, 0.6) is 0 Å². The van der Waals surface area contributed by atoms with Gasteiger partial charge in [-0.15, -0.1) is 0 Å². The summed E-state index contributed by atoms with van der Waals surface area (Å²) in [6, 6.07) is 8.86. The zero-order valence-electron chi connectivity index (χ0n) is 14.2. The minimum Gasteiger partial charge on any atom is -0.444 e. The van der Waals surface area contributed by atoms with Crippen molar-refractivity contribution < 1.29 is 9.53 Å². The van der Waals surface area contributed by atoms with Gasteiger partial charge in [-0.3, -0.25) is 0 Å². The van der Waals surface area contributed by atoms with Gasteiger partial charge in [-0.2, -0.15) is 0 Å². The standard InChI is InChI=1S/C18H27IN2O2/c1-18(2,3)23-17(22)20-12-13-6-4-5-7-16(13)21-15-10-8-14(19)9-11-15/h8-11,13,16,21H,4-7,12H2,1-3H3,(H,20,22). The first-order valence-corrected chi connectivity index (χ1v) is 9.40. The smallest absolute Gasteiger partial charge is 0.407 e. The van der Waals surface area contributed by atoms with Crippen LogP contribution in [0.1, 0.15) is 46.5 Å². The molecule has 0 heterocycles. The molecule has 4 nitrogen and oxygen atoms in total. The molecule has 1 aliphatic carbocycles. The van der Waals surface area contributed by atoms with Crippen LogP contribution >= 0.6 is 22.6 Å². The number of hydrogen-bond donors (Lipinski definition) is 2. The average Bonchev–Trinajstić information content (AvgIpc) is 2.47. The van der Waals surface area contributed by atoms with E-state index >= 15 is 0 Å². The van der Waals surface area contributed by atoms with Crippen LogP contribution in [0.15, 0.2) is 24.3 Å². The Kier molecular flexibility index (Phi) is 6.56. The van der Waals surface area contributed by atoms with E-state index in [-0.39, 0.29) is 6.09 Å². The fourth-order valence-electron chi connectivity index (χ4n) is 2.93. The van der Waals surface area contributed by atoms with Gasteiger partial charge in [0.25, 0.3) is 0 Å². The lowest BCUT2D eigenvalue weighted by Crippen LogP contribution is -2.42. The molecule has 0 saturated heterocycles. The second-order valence-electron chi connectivity index (χ2n) is 7.19. The van der Waals surface area contributed by atoms with E-state index in [1.165, 1.54) is 16.4 Å². The third kappa shape index (κ3) is 6.57. The predicted octanol–water partition coefficient (Wildman–Crippen LogP) is 4.79. The second-order valence-corrected chi connectivity index (χ2v) is 8.43. The molecule has 0 radical (unpaired) electrons. The summed E-state index contributed by atoms with van der Waals surface area (Å²) in [5.41, 5.74) is 0.703. The highest BCUT2D eigenvalue weighted by Crippen LogP contribution is 2.27. The lowest BCUT2D eigenvalue weighted by Gasteiger charge is -2.33. The van der Waals surface area contributed by atoms with Crippen LogP contribution in [0.25, 0.3) is 0 Å². The number of nitrogens with one attached hydrogen (secondary N) is 2. The second kappa shape index (κ2) is 8.22. The number of alkyl carbamates (subject to hydrolysis) is 1. The maximum atomic E-state index is 11.8. The molecule has 0 spiro atoms. The van der Waals surface area contributed by atoms with Gasteiger partial charge in [-0.1, -0.05) is 12.8 Å². The predicted molar refractivity (Wildman–Crippen MR) is 103 cm³/mol. The van der Waals surface area contributed by atoms with E-state index in [4.69, 9.17) is 4.74 Å². The van der Waals surface area contributed by atoms with Gasteiger partial charge in [0, 0.05) is 21.8 Å². The molecule has 0 bridgehead atoms. The number of carbonyl (C=O) groups excluding carboxylic acids is 1. The minimum atomic E-state index is -0.449. The maximum Gasteiger partial charge on any atom is 0.407 e. The molecule has 5 heteroatoms. The number of halogens is 1. The van der Waals surface area contributed by atoms with E-state index < -0.39 is 5.60 Å². The van der Waals surface area contributed by atoms with Crippen molar-refractivity contribution >= 4 is 34.4 Å². The molecule has 1 aliphatic rings. The molecule has 2 N–H and O–H groups in total. The fraction of sp³-hybridized carbons (Fsp3) is 0.611. The first kappa shape index (κ1) is 18.4. The molecular weight excluding hydrogens is 403 g/mol. The molecule has 1 aromatic carbocycles. The summed E-state index contributed by atoms with van der Waals surface area (Å²) < 4.78 is 6.56. The lowest BCUT2D eigenvalue weighted by atomic mass is 9.84. The maximum absolute atomic E-state index is 11.8. The van der Waals surface area contributed by atoms with Crippen molar-refractivity contribution in [1.29, 1.82) is 0 Å². The van der Waals surface area contributed by atoms with Crippen molar-refractivity contribution in [3.63, 3.8) is 0 Å². The largest absolute Gasteiger partial charge is 0.444 e. The molecule has 2 atom stereocenters. The van der Waals surface area contributed by atoms with Crippen LogP contribution in [-0.2, 0) is 4.74 Å². The highest BCUT2D eigenvalue weighted by atomic mass is 127. The summed E-state index contributed by atoms with van der Waals surface area (Å²) in [6.07, 6.45) is 4.43. The van der Waals surface area contributed by atoms with Gasteiger partial charge < -0.3 is 15.4 Å². The Labute approximate surface area is 152 Å². The minimum absolute atomic E-state index is 0.323. The van der Waals surface area contributed by atoms with Crippen molar-refractivity contribution in [2.24, 2.45) is 5.92 Å². The zero-order valence-corrected chi connectivity index (χ0v) is 16.4. The Morgan fingerprint density at radius 3 is 2.52 bits per heavy atom. The topological polar surface area (TPSA) is 50.4 Å². The van der Waals surface area contributed by atoms with Crippen LogP contribution in [0.3, 0.4) is 0 Å². The number of benzene rings is 1. The van der Waals surface area contributed by atoms with Gasteiger partial charge in [0.2, 0.25) is 0 Å². The average molecular weight is 430 g/mol. The number of hydrogen-bond acceptors (Lipinski definition) is 3. The molecule has 1 fully saturated rings. The van der Waals surface area contributed by atoms with Crippen LogP contribution in [0.2, 0.25) is 0 Å². The molecule has 1 amide bonds. The summed E-state index contributed by atoms with van der Waals surface area (Å²) in [5.74, 6) is 0.440. The molecule has 2 unspecified atom stereocenters. The van der Waals surface area contributed by atoms with Crippen molar-refractivity contribution in [3.8, 4) is 0 Å². The third-order valence-electron chi connectivity index (χ3n) is 4.01. The van der Waals surface area contributed by atoms with Crippen LogP contribution in [-0.4, -0.2) is 24.3 Å². The molecule has 2 rings (SSSR count). The van der Waals surface area contributed by atoms with Gasteiger partial charge in [0.15, 0.2) is 0 Å². The Bertz CT molecular complexity index is 511. The lowest BCUT2D eigenvalue weighted by molar-refractivity contribution is 0.0514. The molecule has 1 aromatic rings. The summed E-state index contributed by atoms with van der Waals surface area (Å²) in [6.45, 7) is 6.31. The summed E-state index contributed by atoms with van der Waals surface area (Å²) in [7, 11) is 0. The normalized spacial score (nSPS) is 21.6. The zero-order chi connectivity index (χ0) is 16.9. The molecule has 0 aliphatic heterocycles. The van der Waals surface area contributed by atoms with E-state index in [0.717, 1.165) is 18.5 Å². The van der Waals surface area contributed by atoms with Crippen molar-refractivity contribution in [2.75, 3.05) is 11.9 Å². The SMILES string of the molecule is CC(C)(C)OC(=O)NCC1CCCCC1Nc1ccc(I)cc1. The number of carbonyl (C=O) groups is 1. The fourth-order valence-corrected chi connectivity index (χ4v) is 3.29. The van der Waals surface area contributed by atoms with Crippen molar-refractivity contribution in [2.45, 2.75) is 58.1 Å². The van der Waals surface area contributed by atoms with Gasteiger partial charge in [0.05, 0.1) is 0 Å². The quantitative estimate of drug-likeness (QED) is 0.676. The third-order valence-corrected chi connectivity index (χ3v) is 4.73. The molecule has 1 saturated carbocycles. The van der Waals surface area contributed by atoms with Crippen molar-refractivity contribution in [1.82, 2.24) is 5.32 Å². The van der Waals surface area contributed by atoms with E-state index in [1.54, 1.807) is 0 Å². The summed E-state index contributed by atoms with van der Waals surface area (Å²) in [4.78, 5) is 11.8. The number of amides is 1. The van der Waals surface area contributed by atoms with Gasteiger partial charge in [-0.05, 0) is 86.4 Å². The Balaban J connectivity index is 1.88. The molecule has 128 valence electrons. The van der Waals surface area contributed by atoms with E-state index in [9.17, 15) is 4.79 Å². The van der Waals surface area contributed by atoms with Crippen LogP contribution in [0.4, 0.5) is 10.5 Å². The highest BCUT2D eigenvalue weighted by Gasteiger charge is 2.26. The Morgan fingerprint density at radius 1 is 1.22 bits per heavy atom. The number of ether oxygens (including phenoxy) is 1. The van der Waals surface area contributed by atoms with Crippen LogP contribution < -0.4 is 10.6 Å². The highest BCUT2D eigenvalue weighted by molar-refractivity contribution is 14.1. The van der Waals surface area contributed by atoms with Crippen LogP contribution in [0, 0.1) is 9.49 Å². The molecule has 23 heavy (non-hydrogen) atoms. The monoisotopic (exact) mass is 430 g/mol. The van der Waals surface area contributed by atoms with Gasteiger partial charge in [0.1, 0.15) is 5.60 Å². The van der Waals surface area contributed by atoms with E-state index in [0.29, 0.717) is 18.5 Å². The van der Waals surface area contributed by atoms with Crippen molar-refractivity contribution in [3.05, 3.63) is 27.8 Å². The number of anilines is 1.